The van der Waals surface area contributed by atoms with Crippen LogP contribution in [0.25, 0.3) is 0 Å². The van der Waals surface area contributed by atoms with Crippen LogP contribution in [0.4, 0.5) is 11.4 Å². The number of aryl methyl sites for hydroxylation is 1. The molecule has 0 aromatic heterocycles. The molecular weight excluding hydrogens is 264 g/mol. The summed E-state index contributed by atoms with van der Waals surface area (Å²) in [6.45, 7) is 2.68. The lowest BCUT2D eigenvalue weighted by atomic mass is 10.1. The van der Waals surface area contributed by atoms with E-state index in [4.69, 9.17) is 10.5 Å². The molecule has 0 bridgehead atoms. The number of fused-ring (bicyclic) bond motifs is 1. The Morgan fingerprint density at radius 1 is 1.29 bits per heavy atom. The van der Waals surface area contributed by atoms with E-state index in [0.29, 0.717) is 17.9 Å². The van der Waals surface area contributed by atoms with E-state index in [2.05, 4.69) is 6.07 Å². The first-order valence-corrected chi connectivity index (χ1v) is 6.95. The number of carbonyl (C=O) groups excluding carboxylic acids is 1. The molecule has 2 aromatic carbocycles. The molecule has 2 aromatic rings. The fourth-order valence-electron chi connectivity index (χ4n) is 2.70. The SMILES string of the molecule is COc1cccc(C(=O)N2CCc3cc(C)c(N)cc32)c1. The van der Waals surface area contributed by atoms with Crippen LogP contribution < -0.4 is 15.4 Å². The van der Waals surface area contributed by atoms with Gasteiger partial charge in [-0.15, -0.1) is 0 Å². The molecule has 4 nitrogen and oxygen atoms in total. The zero-order valence-electron chi connectivity index (χ0n) is 12.2. The van der Waals surface area contributed by atoms with Gasteiger partial charge in [0.1, 0.15) is 5.75 Å². The Labute approximate surface area is 124 Å². The van der Waals surface area contributed by atoms with E-state index >= 15 is 0 Å². The van der Waals surface area contributed by atoms with Gasteiger partial charge in [-0.05, 0) is 48.7 Å². The summed E-state index contributed by atoms with van der Waals surface area (Å²) in [4.78, 5) is 14.5. The number of hydrogen-bond acceptors (Lipinski definition) is 3. The molecule has 0 radical (unpaired) electrons. The van der Waals surface area contributed by atoms with Crippen LogP contribution in [-0.4, -0.2) is 19.6 Å². The molecule has 0 spiro atoms. The van der Waals surface area contributed by atoms with Crippen molar-refractivity contribution in [2.75, 3.05) is 24.3 Å². The van der Waals surface area contributed by atoms with Crippen LogP contribution in [-0.2, 0) is 6.42 Å². The Balaban J connectivity index is 1.96. The predicted octanol–water partition coefficient (Wildman–Crippen LogP) is 2.79. The minimum atomic E-state index is -0.0177. The molecule has 3 rings (SSSR count). The Kier molecular flexibility index (Phi) is 3.29. The largest absolute Gasteiger partial charge is 0.497 e. The lowest BCUT2D eigenvalue weighted by Gasteiger charge is -2.18. The average molecular weight is 282 g/mol. The molecule has 1 aliphatic rings. The van der Waals surface area contributed by atoms with Crippen LogP contribution in [0.1, 0.15) is 21.5 Å². The molecule has 108 valence electrons. The first kappa shape index (κ1) is 13.5. The smallest absolute Gasteiger partial charge is 0.258 e. The zero-order chi connectivity index (χ0) is 15.0. The Hall–Kier alpha value is -2.49. The van der Waals surface area contributed by atoms with Crippen LogP contribution in [0, 0.1) is 6.92 Å². The van der Waals surface area contributed by atoms with Gasteiger partial charge in [0.25, 0.3) is 5.91 Å². The van der Waals surface area contributed by atoms with Crippen molar-refractivity contribution >= 4 is 17.3 Å². The topological polar surface area (TPSA) is 55.6 Å². The normalized spacial score (nSPS) is 13.1. The van der Waals surface area contributed by atoms with E-state index in [1.165, 1.54) is 5.56 Å². The first-order chi connectivity index (χ1) is 10.1. The number of hydrogen-bond donors (Lipinski definition) is 1. The number of anilines is 2. The molecule has 0 aliphatic carbocycles. The quantitative estimate of drug-likeness (QED) is 0.862. The van der Waals surface area contributed by atoms with Crippen LogP contribution in [0.15, 0.2) is 36.4 Å². The number of nitrogens with zero attached hydrogens (tertiary/aromatic N) is 1. The Bertz CT molecular complexity index is 710. The molecule has 0 atom stereocenters. The summed E-state index contributed by atoms with van der Waals surface area (Å²) < 4.78 is 5.18. The van der Waals surface area contributed by atoms with Gasteiger partial charge in [-0.2, -0.15) is 0 Å². The van der Waals surface area contributed by atoms with E-state index < -0.39 is 0 Å². The summed E-state index contributed by atoms with van der Waals surface area (Å²) in [5.41, 5.74) is 10.5. The van der Waals surface area contributed by atoms with Gasteiger partial charge in [-0.1, -0.05) is 12.1 Å². The van der Waals surface area contributed by atoms with Crippen molar-refractivity contribution in [3.63, 3.8) is 0 Å². The molecular formula is C17H18N2O2. The van der Waals surface area contributed by atoms with Gasteiger partial charge in [0.2, 0.25) is 0 Å². The minimum absolute atomic E-state index is 0.0177. The van der Waals surface area contributed by atoms with Crippen molar-refractivity contribution in [2.24, 2.45) is 0 Å². The number of carbonyl (C=O) groups is 1. The number of nitrogen functional groups attached to an aromatic ring is 1. The monoisotopic (exact) mass is 282 g/mol. The third-order valence-electron chi connectivity index (χ3n) is 3.92. The number of amides is 1. The maximum absolute atomic E-state index is 12.7. The highest BCUT2D eigenvalue weighted by Gasteiger charge is 2.26. The van der Waals surface area contributed by atoms with Crippen molar-refractivity contribution < 1.29 is 9.53 Å². The molecule has 2 N–H and O–H groups in total. The summed E-state index contributed by atoms with van der Waals surface area (Å²) in [7, 11) is 1.60. The van der Waals surface area contributed by atoms with Crippen molar-refractivity contribution in [1.82, 2.24) is 0 Å². The van der Waals surface area contributed by atoms with E-state index in [0.717, 1.165) is 23.4 Å². The van der Waals surface area contributed by atoms with Gasteiger partial charge in [0.15, 0.2) is 0 Å². The van der Waals surface area contributed by atoms with Gasteiger partial charge in [0.05, 0.1) is 7.11 Å². The molecule has 0 fully saturated rings. The van der Waals surface area contributed by atoms with Crippen LogP contribution in [0.2, 0.25) is 0 Å². The average Bonchev–Trinajstić information content (AvgIpc) is 2.89. The summed E-state index contributed by atoms with van der Waals surface area (Å²) in [5.74, 6) is 0.666. The number of benzene rings is 2. The second-order valence-corrected chi connectivity index (χ2v) is 5.28. The highest BCUT2D eigenvalue weighted by atomic mass is 16.5. The third kappa shape index (κ3) is 2.33. The van der Waals surface area contributed by atoms with Crippen molar-refractivity contribution in [3.8, 4) is 5.75 Å². The van der Waals surface area contributed by atoms with Crippen LogP contribution in [0.3, 0.4) is 0 Å². The summed E-state index contributed by atoms with van der Waals surface area (Å²) in [6, 6.07) is 11.2. The highest BCUT2D eigenvalue weighted by molar-refractivity contribution is 6.07. The van der Waals surface area contributed by atoms with Crippen LogP contribution >= 0.6 is 0 Å². The summed E-state index contributed by atoms with van der Waals surface area (Å²) in [5, 5.41) is 0. The molecule has 0 saturated carbocycles. The second kappa shape index (κ2) is 5.13. The van der Waals surface area contributed by atoms with Gasteiger partial charge in [-0.25, -0.2) is 0 Å². The number of methoxy groups -OCH3 is 1. The zero-order valence-corrected chi connectivity index (χ0v) is 12.2. The van der Waals surface area contributed by atoms with Gasteiger partial charge < -0.3 is 15.4 Å². The lowest BCUT2D eigenvalue weighted by molar-refractivity contribution is 0.0989. The predicted molar refractivity (Wildman–Crippen MR) is 84.0 cm³/mol. The number of ether oxygens (including phenoxy) is 1. The summed E-state index contributed by atoms with van der Waals surface area (Å²) >= 11 is 0. The Morgan fingerprint density at radius 3 is 2.86 bits per heavy atom. The standard InChI is InChI=1S/C17H18N2O2/c1-11-8-12-6-7-19(16(12)10-15(11)18)17(20)13-4-3-5-14(9-13)21-2/h3-5,8-10H,6-7,18H2,1-2H3. The fourth-order valence-corrected chi connectivity index (χ4v) is 2.70. The maximum Gasteiger partial charge on any atom is 0.258 e. The van der Waals surface area contributed by atoms with Gasteiger partial charge in [0, 0.05) is 23.5 Å². The molecule has 1 amide bonds. The van der Waals surface area contributed by atoms with E-state index in [9.17, 15) is 4.79 Å². The third-order valence-corrected chi connectivity index (χ3v) is 3.92. The van der Waals surface area contributed by atoms with E-state index in [1.54, 1.807) is 24.1 Å². The number of rotatable bonds is 2. The molecule has 21 heavy (non-hydrogen) atoms. The highest BCUT2D eigenvalue weighted by Crippen LogP contribution is 2.33. The molecule has 4 heteroatoms. The molecule has 0 saturated heterocycles. The Morgan fingerprint density at radius 2 is 2.10 bits per heavy atom. The minimum Gasteiger partial charge on any atom is -0.497 e. The molecule has 0 unspecified atom stereocenters. The van der Waals surface area contributed by atoms with Crippen molar-refractivity contribution in [1.29, 1.82) is 0 Å². The lowest BCUT2D eigenvalue weighted by Crippen LogP contribution is -2.28. The van der Waals surface area contributed by atoms with Crippen molar-refractivity contribution in [2.45, 2.75) is 13.3 Å². The van der Waals surface area contributed by atoms with E-state index in [1.807, 2.05) is 25.1 Å². The summed E-state index contributed by atoms with van der Waals surface area (Å²) in [6.07, 6.45) is 0.867. The van der Waals surface area contributed by atoms with Gasteiger partial charge >= 0.3 is 0 Å². The van der Waals surface area contributed by atoms with Gasteiger partial charge in [-0.3, -0.25) is 4.79 Å². The molecule has 1 heterocycles. The number of nitrogens with two attached hydrogens (primary N) is 1. The molecule has 1 aliphatic heterocycles. The second-order valence-electron chi connectivity index (χ2n) is 5.28. The van der Waals surface area contributed by atoms with Crippen molar-refractivity contribution in [3.05, 3.63) is 53.1 Å². The fraction of sp³-hybridized carbons (Fsp3) is 0.235. The first-order valence-electron chi connectivity index (χ1n) is 6.95. The van der Waals surface area contributed by atoms with Crippen LogP contribution in [0.5, 0.6) is 5.75 Å². The van der Waals surface area contributed by atoms with E-state index in [-0.39, 0.29) is 5.91 Å². The maximum atomic E-state index is 12.7.